The second-order valence-electron chi connectivity index (χ2n) is 4.54. The second-order valence-corrected chi connectivity index (χ2v) is 4.90. The van der Waals surface area contributed by atoms with Crippen molar-refractivity contribution in [3.05, 3.63) is 41.0 Å². The summed E-state index contributed by atoms with van der Waals surface area (Å²) < 4.78 is 5.77. The lowest BCUT2D eigenvalue weighted by Crippen LogP contribution is -2.08. The molecule has 0 fully saturated rings. The van der Waals surface area contributed by atoms with Gasteiger partial charge in [-0.05, 0) is 25.5 Å². The first kappa shape index (κ1) is 13.3. The molecule has 0 amide bonds. The fourth-order valence-corrected chi connectivity index (χ4v) is 2.16. The van der Waals surface area contributed by atoms with Crippen LogP contribution in [0.4, 0.5) is 0 Å². The maximum atomic E-state index is 6.17. The highest BCUT2D eigenvalue weighted by atomic mass is 35.5. The third-order valence-corrected chi connectivity index (χ3v) is 3.30. The molecule has 18 heavy (non-hydrogen) atoms. The summed E-state index contributed by atoms with van der Waals surface area (Å²) in [6, 6.07) is 10.0. The Labute approximate surface area is 113 Å². The summed E-state index contributed by atoms with van der Waals surface area (Å²) in [5.74, 6) is 0. The molecule has 0 aliphatic rings. The van der Waals surface area contributed by atoms with E-state index in [-0.39, 0.29) is 6.10 Å². The molecular formula is C15H18ClNO. The number of hydrogen-bond acceptors (Lipinski definition) is 2. The van der Waals surface area contributed by atoms with Crippen LogP contribution in [-0.2, 0) is 11.3 Å². The summed E-state index contributed by atoms with van der Waals surface area (Å²) in [4.78, 5) is 4.38. The summed E-state index contributed by atoms with van der Waals surface area (Å²) in [6.45, 7) is 4.77. The number of nitrogens with zero attached hydrogens (tertiary/aromatic N) is 1. The molecule has 96 valence electrons. The largest absolute Gasteiger partial charge is 0.374 e. The van der Waals surface area contributed by atoms with Crippen molar-refractivity contribution in [2.75, 3.05) is 0 Å². The molecule has 0 saturated carbocycles. The zero-order valence-electron chi connectivity index (χ0n) is 10.8. The summed E-state index contributed by atoms with van der Waals surface area (Å²) >= 11 is 6.17. The van der Waals surface area contributed by atoms with E-state index in [1.807, 2.05) is 24.3 Å². The number of halogens is 1. The number of benzene rings is 1. The van der Waals surface area contributed by atoms with Crippen LogP contribution in [0.15, 0.2) is 30.3 Å². The van der Waals surface area contributed by atoms with Gasteiger partial charge in [-0.15, -0.1) is 0 Å². The van der Waals surface area contributed by atoms with Crippen molar-refractivity contribution in [1.29, 1.82) is 0 Å². The van der Waals surface area contributed by atoms with E-state index in [2.05, 4.69) is 24.9 Å². The van der Waals surface area contributed by atoms with Crippen LogP contribution >= 0.6 is 11.6 Å². The van der Waals surface area contributed by atoms with Gasteiger partial charge in [-0.1, -0.05) is 43.1 Å². The highest BCUT2D eigenvalue weighted by molar-refractivity contribution is 6.30. The molecule has 1 aromatic heterocycles. The lowest BCUT2D eigenvalue weighted by Gasteiger charge is -2.13. The van der Waals surface area contributed by atoms with Crippen LogP contribution in [0.25, 0.3) is 10.9 Å². The predicted octanol–water partition coefficient (Wildman–Crippen LogP) is 4.59. The molecule has 2 rings (SSSR count). The quantitative estimate of drug-likeness (QED) is 0.736. The standard InChI is InChI=1S/C15H18ClNO/c1-3-6-11(2)18-10-13-9-12-7-4-5-8-14(12)17-15(13)16/h4-5,7-9,11H,3,6,10H2,1-2H3. The molecule has 1 aromatic carbocycles. The van der Waals surface area contributed by atoms with Gasteiger partial charge in [-0.2, -0.15) is 0 Å². The fourth-order valence-electron chi connectivity index (χ4n) is 1.96. The maximum absolute atomic E-state index is 6.17. The van der Waals surface area contributed by atoms with Crippen molar-refractivity contribution >= 4 is 22.5 Å². The molecular weight excluding hydrogens is 246 g/mol. The number of aromatic nitrogens is 1. The van der Waals surface area contributed by atoms with Crippen LogP contribution in [0.1, 0.15) is 32.3 Å². The van der Waals surface area contributed by atoms with Crippen LogP contribution in [0.5, 0.6) is 0 Å². The van der Waals surface area contributed by atoms with E-state index in [4.69, 9.17) is 16.3 Å². The molecule has 0 bridgehead atoms. The van der Waals surface area contributed by atoms with E-state index < -0.39 is 0 Å². The molecule has 0 N–H and O–H groups in total. The van der Waals surface area contributed by atoms with E-state index in [1.165, 1.54) is 0 Å². The summed E-state index contributed by atoms with van der Waals surface area (Å²) in [7, 11) is 0. The van der Waals surface area contributed by atoms with Crippen LogP contribution in [0, 0.1) is 0 Å². The lowest BCUT2D eigenvalue weighted by molar-refractivity contribution is 0.0471. The molecule has 2 nitrogen and oxygen atoms in total. The average Bonchev–Trinajstić information content (AvgIpc) is 2.36. The topological polar surface area (TPSA) is 22.1 Å². The van der Waals surface area contributed by atoms with Gasteiger partial charge in [0.1, 0.15) is 5.15 Å². The van der Waals surface area contributed by atoms with E-state index in [1.54, 1.807) is 0 Å². The predicted molar refractivity (Wildman–Crippen MR) is 75.9 cm³/mol. The van der Waals surface area contributed by atoms with Gasteiger partial charge in [0, 0.05) is 10.9 Å². The lowest BCUT2D eigenvalue weighted by atomic mass is 10.1. The molecule has 2 aromatic rings. The summed E-state index contributed by atoms with van der Waals surface area (Å²) in [5.41, 5.74) is 1.88. The first-order valence-corrected chi connectivity index (χ1v) is 6.74. The maximum Gasteiger partial charge on any atom is 0.135 e. The van der Waals surface area contributed by atoms with E-state index >= 15 is 0 Å². The van der Waals surface area contributed by atoms with Gasteiger partial charge in [0.25, 0.3) is 0 Å². The Bertz CT molecular complexity index is 527. The number of para-hydroxylation sites is 1. The van der Waals surface area contributed by atoms with Crippen molar-refractivity contribution in [3.63, 3.8) is 0 Å². The molecule has 3 heteroatoms. The van der Waals surface area contributed by atoms with Crippen LogP contribution in [0.3, 0.4) is 0 Å². The van der Waals surface area contributed by atoms with E-state index in [9.17, 15) is 0 Å². The Morgan fingerprint density at radius 1 is 1.33 bits per heavy atom. The van der Waals surface area contributed by atoms with Crippen LogP contribution in [0.2, 0.25) is 5.15 Å². The highest BCUT2D eigenvalue weighted by Gasteiger charge is 2.07. The Morgan fingerprint density at radius 2 is 2.11 bits per heavy atom. The van der Waals surface area contributed by atoms with Crippen molar-refractivity contribution in [2.24, 2.45) is 0 Å². The Morgan fingerprint density at radius 3 is 2.89 bits per heavy atom. The van der Waals surface area contributed by atoms with Crippen molar-refractivity contribution in [3.8, 4) is 0 Å². The summed E-state index contributed by atoms with van der Waals surface area (Å²) in [6.07, 6.45) is 2.46. The third kappa shape index (κ3) is 3.21. The van der Waals surface area contributed by atoms with Crippen molar-refractivity contribution in [1.82, 2.24) is 4.98 Å². The molecule has 0 saturated heterocycles. The smallest absolute Gasteiger partial charge is 0.135 e. The minimum atomic E-state index is 0.262. The zero-order chi connectivity index (χ0) is 13.0. The van der Waals surface area contributed by atoms with E-state index in [0.717, 1.165) is 29.3 Å². The number of hydrogen-bond donors (Lipinski definition) is 0. The van der Waals surface area contributed by atoms with Crippen LogP contribution < -0.4 is 0 Å². The van der Waals surface area contributed by atoms with Gasteiger partial charge in [0.15, 0.2) is 0 Å². The third-order valence-electron chi connectivity index (χ3n) is 2.97. The Balaban J connectivity index is 2.15. The highest BCUT2D eigenvalue weighted by Crippen LogP contribution is 2.21. The summed E-state index contributed by atoms with van der Waals surface area (Å²) in [5, 5.41) is 1.64. The van der Waals surface area contributed by atoms with Gasteiger partial charge >= 0.3 is 0 Å². The van der Waals surface area contributed by atoms with Gasteiger partial charge in [0.2, 0.25) is 0 Å². The van der Waals surface area contributed by atoms with Gasteiger partial charge in [0.05, 0.1) is 18.2 Å². The number of fused-ring (bicyclic) bond motifs is 1. The van der Waals surface area contributed by atoms with Crippen molar-refractivity contribution < 1.29 is 4.74 Å². The van der Waals surface area contributed by atoms with Crippen molar-refractivity contribution in [2.45, 2.75) is 39.4 Å². The monoisotopic (exact) mass is 263 g/mol. The van der Waals surface area contributed by atoms with Gasteiger partial charge < -0.3 is 4.74 Å². The number of pyridine rings is 1. The van der Waals surface area contributed by atoms with Gasteiger partial charge in [-0.3, -0.25) is 0 Å². The van der Waals surface area contributed by atoms with E-state index in [0.29, 0.717) is 11.8 Å². The molecule has 0 radical (unpaired) electrons. The Kier molecular flexibility index (Phi) is 4.56. The molecule has 0 aliphatic heterocycles. The zero-order valence-corrected chi connectivity index (χ0v) is 11.6. The SMILES string of the molecule is CCCC(C)OCc1cc2ccccc2nc1Cl. The molecule has 0 aliphatic carbocycles. The average molecular weight is 264 g/mol. The molecule has 0 spiro atoms. The molecule has 1 atom stereocenters. The molecule has 1 unspecified atom stereocenters. The van der Waals surface area contributed by atoms with Crippen LogP contribution in [-0.4, -0.2) is 11.1 Å². The number of ether oxygens (including phenoxy) is 1. The molecule has 1 heterocycles. The normalized spacial score (nSPS) is 12.8. The van der Waals surface area contributed by atoms with Gasteiger partial charge in [-0.25, -0.2) is 4.98 Å². The first-order valence-electron chi connectivity index (χ1n) is 6.36. The minimum Gasteiger partial charge on any atom is -0.374 e. The minimum absolute atomic E-state index is 0.262. The Hall–Kier alpha value is -1.12. The fraction of sp³-hybridized carbons (Fsp3) is 0.400. The first-order chi connectivity index (χ1) is 8.70. The number of rotatable bonds is 5. The second kappa shape index (κ2) is 6.17.